The van der Waals surface area contributed by atoms with Gasteiger partial charge in [-0.2, -0.15) is 0 Å². The molecule has 0 radical (unpaired) electrons. The van der Waals surface area contributed by atoms with Crippen molar-refractivity contribution >= 4 is 39.9 Å². The highest BCUT2D eigenvalue weighted by Gasteiger charge is 2.18. The summed E-state index contributed by atoms with van der Waals surface area (Å²) in [6, 6.07) is 15.6. The fraction of sp³-hybridized carbons (Fsp3) is 0.105. The molecule has 7 heteroatoms. The Hall–Kier alpha value is -2.51. The summed E-state index contributed by atoms with van der Waals surface area (Å²) in [6.07, 6.45) is 0. The number of Topliss-reactive ketones (excluding diaryl/α,β-unsaturated/α-hetero) is 1. The van der Waals surface area contributed by atoms with Crippen LogP contribution in [0.3, 0.4) is 0 Å². The second-order valence-electron chi connectivity index (χ2n) is 5.39. The average molecular weight is 386 g/mol. The van der Waals surface area contributed by atoms with Gasteiger partial charge in [0, 0.05) is 17.4 Å². The highest BCUT2D eigenvalue weighted by atomic mass is 32.2. The number of nitrogens with zero attached hydrogens (tertiary/aromatic N) is 1. The molecule has 0 aliphatic rings. The predicted octanol–water partition coefficient (Wildman–Crippen LogP) is 4.88. The average Bonchev–Trinajstić information content (AvgIpc) is 3.06. The van der Waals surface area contributed by atoms with E-state index < -0.39 is 0 Å². The fourth-order valence-electron chi connectivity index (χ4n) is 2.26. The zero-order valence-electron chi connectivity index (χ0n) is 13.9. The lowest BCUT2D eigenvalue weighted by atomic mass is 10.1. The van der Waals surface area contributed by atoms with Crippen molar-refractivity contribution in [3.63, 3.8) is 0 Å². The number of anilines is 1. The van der Waals surface area contributed by atoms with Gasteiger partial charge in [-0.15, -0.1) is 11.8 Å². The van der Waals surface area contributed by atoms with Crippen molar-refractivity contribution in [3.05, 3.63) is 65.3 Å². The standard InChI is InChI=1S/C19H15FN2O2S2/c1-12(23)18-17(13-7-3-2-4-8-13)22-19(26-18)21-16(24)11-25-15-10-6-5-9-14(15)20/h2-10H,11H2,1H3,(H,21,22,24). The van der Waals surface area contributed by atoms with Crippen molar-refractivity contribution in [2.75, 3.05) is 11.1 Å². The normalized spacial score (nSPS) is 10.5. The van der Waals surface area contributed by atoms with Crippen molar-refractivity contribution in [1.29, 1.82) is 0 Å². The van der Waals surface area contributed by atoms with E-state index in [9.17, 15) is 14.0 Å². The summed E-state index contributed by atoms with van der Waals surface area (Å²) in [5.41, 5.74) is 1.37. The van der Waals surface area contributed by atoms with E-state index in [4.69, 9.17) is 0 Å². The molecule has 1 amide bonds. The summed E-state index contributed by atoms with van der Waals surface area (Å²) in [7, 11) is 0. The van der Waals surface area contributed by atoms with Crippen LogP contribution in [0.2, 0.25) is 0 Å². The summed E-state index contributed by atoms with van der Waals surface area (Å²) < 4.78 is 13.6. The first kappa shape index (κ1) is 18.3. The molecule has 2 aromatic carbocycles. The zero-order valence-corrected chi connectivity index (χ0v) is 15.5. The molecule has 0 fully saturated rings. The van der Waals surface area contributed by atoms with Crippen molar-refractivity contribution in [2.45, 2.75) is 11.8 Å². The first-order valence-corrected chi connectivity index (χ1v) is 9.59. The third-order valence-electron chi connectivity index (χ3n) is 3.44. The molecular formula is C19H15FN2O2S2. The molecule has 0 aliphatic carbocycles. The number of amides is 1. The molecule has 1 N–H and O–H groups in total. The summed E-state index contributed by atoms with van der Waals surface area (Å²) in [4.78, 5) is 29.4. The number of aromatic nitrogens is 1. The summed E-state index contributed by atoms with van der Waals surface area (Å²) >= 11 is 2.25. The van der Waals surface area contributed by atoms with E-state index in [1.165, 1.54) is 13.0 Å². The maximum absolute atomic E-state index is 13.6. The lowest BCUT2D eigenvalue weighted by molar-refractivity contribution is -0.113. The number of rotatable bonds is 6. The molecular weight excluding hydrogens is 371 g/mol. The van der Waals surface area contributed by atoms with Gasteiger partial charge in [0.15, 0.2) is 10.9 Å². The van der Waals surface area contributed by atoms with Crippen LogP contribution in [-0.2, 0) is 4.79 Å². The molecule has 132 valence electrons. The molecule has 1 heterocycles. The van der Waals surface area contributed by atoms with E-state index in [1.54, 1.807) is 18.2 Å². The molecule has 0 atom stereocenters. The smallest absolute Gasteiger partial charge is 0.236 e. The van der Waals surface area contributed by atoms with Gasteiger partial charge in [0.05, 0.1) is 16.3 Å². The first-order valence-electron chi connectivity index (χ1n) is 7.79. The minimum atomic E-state index is -0.357. The van der Waals surface area contributed by atoms with Gasteiger partial charge in [0.2, 0.25) is 5.91 Å². The molecule has 3 rings (SSSR count). The van der Waals surface area contributed by atoms with E-state index in [1.807, 2.05) is 30.3 Å². The van der Waals surface area contributed by atoms with Crippen molar-refractivity contribution < 1.29 is 14.0 Å². The highest BCUT2D eigenvalue weighted by molar-refractivity contribution is 8.00. The Labute approximate surface area is 158 Å². The van der Waals surface area contributed by atoms with Crippen LogP contribution in [0, 0.1) is 5.82 Å². The fourth-order valence-corrected chi connectivity index (χ4v) is 3.90. The number of nitrogens with one attached hydrogen (secondary N) is 1. The lowest BCUT2D eigenvalue weighted by Gasteiger charge is -2.03. The largest absolute Gasteiger partial charge is 0.301 e. The molecule has 3 aromatic rings. The third-order valence-corrected chi connectivity index (χ3v) is 5.56. The van der Waals surface area contributed by atoms with E-state index in [2.05, 4.69) is 10.3 Å². The quantitative estimate of drug-likeness (QED) is 0.484. The molecule has 0 bridgehead atoms. The molecule has 0 unspecified atom stereocenters. The summed E-state index contributed by atoms with van der Waals surface area (Å²) in [6.45, 7) is 1.47. The van der Waals surface area contributed by atoms with Crippen LogP contribution in [0.4, 0.5) is 9.52 Å². The molecule has 26 heavy (non-hydrogen) atoms. The van der Waals surface area contributed by atoms with Crippen LogP contribution >= 0.6 is 23.1 Å². The maximum Gasteiger partial charge on any atom is 0.236 e. The minimum Gasteiger partial charge on any atom is -0.301 e. The molecule has 0 saturated heterocycles. The van der Waals surface area contributed by atoms with Gasteiger partial charge in [0.25, 0.3) is 0 Å². The second-order valence-corrected chi connectivity index (χ2v) is 7.40. The van der Waals surface area contributed by atoms with Gasteiger partial charge in [0.1, 0.15) is 5.82 Å². The van der Waals surface area contributed by atoms with Crippen LogP contribution in [0.25, 0.3) is 11.3 Å². The van der Waals surface area contributed by atoms with Crippen molar-refractivity contribution in [2.24, 2.45) is 0 Å². The second kappa shape index (κ2) is 8.25. The number of hydrogen-bond donors (Lipinski definition) is 1. The van der Waals surface area contributed by atoms with E-state index >= 15 is 0 Å². The van der Waals surface area contributed by atoms with Crippen LogP contribution < -0.4 is 5.32 Å². The van der Waals surface area contributed by atoms with Gasteiger partial charge in [-0.3, -0.25) is 9.59 Å². The lowest BCUT2D eigenvalue weighted by Crippen LogP contribution is -2.13. The van der Waals surface area contributed by atoms with Gasteiger partial charge in [-0.25, -0.2) is 9.37 Å². The monoisotopic (exact) mass is 386 g/mol. The number of halogens is 1. The Morgan fingerprint density at radius 3 is 2.50 bits per heavy atom. The summed E-state index contributed by atoms with van der Waals surface area (Å²) in [5.74, 6) is -0.717. The van der Waals surface area contributed by atoms with Crippen molar-refractivity contribution in [3.8, 4) is 11.3 Å². The van der Waals surface area contributed by atoms with Crippen LogP contribution in [0.15, 0.2) is 59.5 Å². The first-order chi connectivity index (χ1) is 12.5. The number of carbonyl (C=O) groups excluding carboxylic acids is 2. The number of hydrogen-bond acceptors (Lipinski definition) is 5. The zero-order chi connectivity index (χ0) is 18.5. The summed E-state index contributed by atoms with van der Waals surface area (Å²) in [5, 5.41) is 3.04. The number of thioether (sulfide) groups is 1. The Balaban J connectivity index is 1.73. The Bertz CT molecular complexity index is 942. The Morgan fingerprint density at radius 2 is 1.81 bits per heavy atom. The number of ketones is 1. The van der Waals surface area contributed by atoms with E-state index in [0.29, 0.717) is 20.6 Å². The maximum atomic E-state index is 13.6. The highest BCUT2D eigenvalue weighted by Crippen LogP contribution is 2.31. The van der Waals surface area contributed by atoms with Crippen molar-refractivity contribution in [1.82, 2.24) is 4.98 Å². The Morgan fingerprint density at radius 1 is 1.12 bits per heavy atom. The van der Waals surface area contributed by atoms with Crippen LogP contribution in [0.5, 0.6) is 0 Å². The number of carbonyl (C=O) groups is 2. The van der Waals surface area contributed by atoms with E-state index in [0.717, 1.165) is 28.7 Å². The number of thiazole rings is 1. The van der Waals surface area contributed by atoms with Gasteiger partial charge < -0.3 is 5.32 Å². The molecule has 1 aromatic heterocycles. The SMILES string of the molecule is CC(=O)c1sc(NC(=O)CSc2ccccc2F)nc1-c1ccccc1. The van der Waals surface area contributed by atoms with Gasteiger partial charge >= 0.3 is 0 Å². The minimum absolute atomic E-state index is 0.0522. The molecule has 0 spiro atoms. The van der Waals surface area contributed by atoms with Gasteiger partial charge in [-0.05, 0) is 12.1 Å². The topological polar surface area (TPSA) is 59.1 Å². The number of benzene rings is 2. The predicted molar refractivity (Wildman–Crippen MR) is 103 cm³/mol. The van der Waals surface area contributed by atoms with Crippen LogP contribution in [0.1, 0.15) is 16.6 Å². The molecule has 4 nitrogen and oxygen atoms in total. The molecule has 0 saturated carbocycles. The van der Waals surface area contributed by atoms with Gasteiger partial charge in [-0.1, -0.05) is 53.8 Å². The molecule has 0 aliphatic heterocycles. The van der Waals surface area contributed by atoms with E-state index in [-0.39, 0.29) is 23.3 Å². The third kappa shape index (κ3) is 4.36. The Kier molecular flexibility index (Phi) is 5.80. The van der Waals surface area contributed by atoms with Crippen LogP contribution in [-0.4, -0.2) is 22.4 Å².